The molecule has 21 heavy (non-hydrogen) atoms. The predicted molar refractivity (Wildman–Crippen MR) is 86.1 cm³/mol. The first-order chi connectivity index (χ1) is 9.99. The number of nitrogens with two attached hydrogens (primary N) is 1. The fourth-order valence-corrected chi connectivity index (χ4v) is 3.13. The van der Waals surface area contributed by atoms with Gasteiger partial charge >= 0.3 is 0 Å². The molecular formula is C13H13Br2N3O3. The van der Waals surface area contributed by atoms with Crippen molar-refractivity contribution in [1.29, 1.82) is 0 Å². The molecule has 3 N–H and O–H groups in total. The lowest BCUT2D eigenvalue weighted by atomic mass is 10.1. The Bertz CT molecular complexity index is 621. The van der Waals surface area contributed by atoms with Gasteiger partial charge in [-0.25, -0.2) is 0 Å². The van der Waals surface area contributed by atoms with Crippen LogP contribution in [-0.4, -0.2) is 42.0 Å². The van der Waals surface area contributed by atoms with Crippen LogP contribution in [0.1, 0.15) is 10.4 Å². The van der Waals surface area contributed by atoms with Crippen molar-refractivity contribution in [3.8, 4) is 5.75 Å². The number of ether oxygens (including phenoxy) is 1. The van der Waals surface area contributed by atoms with Crippen molar-refractivity contribution in [1.82, 2.24) is 4.90 Å². The lowest BCUT2D eigenvalue weighted by molar-refractivity contribution is 0.0755. The summed E-state index contributed by atoms with van der Waals surface area (Å²) in [7, 11) is 1.57. The van der Waals surface area contributed by atoms with Crippen LogP contribution >= 0.6 is 31.9 Å². The van der Waals surface area contributed by atoms with Crippen LogP contribution in [0.15, 0.2) is 38.0 Å². The van der Waals surface area contributed by atoms with Crippen molar-refractivity contribution in [2.45, 2.75) is 0 Å². The molecule has 1 aliphatic rings. The van der Waals surface area contributed by atoms with Crippen molar-refractivity contribution < 1.29 is 14.6 Å². The number of carbonyl (C=O) groups excluding carboxylic acids is 1. The zero-order valence-corrected chi connectivity index (χ0v) is 14.3. The first-order valence-corrected chi connectivity index (χ1v) is 7.60. The van der Waals surface area contributed by atoms with Crippen LogP contribution < -0.4 is 5.73 Å². The van der Waals surface area contributed by atoms with Gasteiger partial charge in [0.1, 0.15) is 18.1 Å². The van der Waals surface area contributed by atoms with Crippen LogP contribution in [-0.2, 0) is 4.74 Å². The number of phenolic OH excluding ortho intramolecular Hbond substituents is 1. The van der Waals surface area contributed by atoms with Crippen LogP contribution in [0.2, 0.25) is 0 Å². The summed E-state index contributed by atoms with van der Waals surface area (Å²) in [5.41, 5.74) is 6.41. The zero-order valence-electron chi connectivity index (χ0n) is 11.1. The van der Waals surface area contributed by atoms with Crippen LogP contribution in [0.4, 0.5) is 0 Å². The minimum atomic E-state index is -0.252. The topological polar surface area (TPSA) is 88.1 Å². The molecule has 1 saturated heterocycles. The number of morpholine rings is 1. The van der Waals surface area contributed by atoms with E-state index in [1.165, 1.54) is 11.1 Å². The van der Waals surface area contributed by atoms with E-state index >= 15 is 0 Å². The van der Waals surface area contributed by atoms with E-state index < -0.39 is 0 Å². The number of hydrogen-bond donors (Lipinski definition) is 2. The number of carbonyl (C=O) groups is 1. The smallest absolute Gasteiger partial charge is 0.258 e. The van der Waals surface area contributed by atoms with Gasteiger partial charge in [0.2, 0.25) is 5.90 Å². The molecule has 1 fully saturated rings. The molecule has 1 aliphatic heterocycles. The van der Waals surface area contributed by atoms with Gasteiger partial charge in [0, 0.05) is 18.8 Å². The molecule has 2 rings (SSSR count). The highest BCUT2D eigenvalue weighted by molar-refractivity contribution is 9.11. The van der Waals surface area contributed by atoms with Crippen LogP contribution in [0, 0.1) is 0 Å². The quantitative estimate of drug-likeness (QED) is 0.731. The molecular weight excluding hydrogens is 406 g/mol. The van der Waals surface area contributed by atoms with Gasteiger partial charge in [-0.05, 0) is 44.0 Å². The molecule has 6 nitrogen and oxygen atoms in total. The number of halogens is 2. The van der Waals surface area contributed by atoms with E-state index in [0.29, 0.717) is 39.3 Å². The Hall–Kier alpha value is -1.54. The number of phenols is 1. The predicted octanol–water partition coefficient (Wildman–Crippen LogP) is 2.22. The Morgan fingerprint density at radius 3 is 2.62 bits per heavy atom. The summed E-state index contributed by atoms with van der Waals surface area (Å²) in [6, 6.07) is 3.10. The molecule has 1 aromatic carbocycles. The summed E-state index contributed by atoms with van der Waals surface area (Å²) in [6.45, 7) is 0.715. The molecule has 0 unspecified atom stereocenters. The van der Waals surface area contributed by atoms with Crippen molar-refractivity contribution in [2.75, 3.05) is 20.2 Å². The zero-order chi connectivity index (χ0) is 15.6. The summed E-state index contributed by atoms with van der Waals surface area (Å²) in [6.07, 6.45) is 1.30. The number of hydrogen-bond acceptors (Lipinski definition) is 5. The molecule has 1 heterocycles. The molecule has 0 saturated carbocycles. The highest BCUT2D eigenvalue weighted by atomic mass is 79.9. The Kier molecular flexibility index (Phi) is 4.89. The van der Waals surface area contributed by atoms with E-state index in [2.05, 4.69) is 36.9 Å². The number of benzene rings is 1. The van der Waals surface area contributed by atoms with Crippen molar-refractivity contribution in [2.24, 2.45) is 10.7 Å². The van der Waals surface area contributed by atoms with Crippen LogP contribution in [0.25, 0.3) is 0 Å². The molecule has 0 aromatic heterocycles. The van der Waals surface area contributed by atoms with Crippen molar-refractivity contribution in [3.05, 3.63) is 38.5 Å². The molecule has 0 bridgehead atoms. The van der Waals surface area contributed by atoms with Gasteiger partial charge in [-0.3, -0.25) is 14.7 Å². The van der Waals surface area contributed by atoms with Gasteiger partial charge in [0.05, 0.1) is 15.5 Å². The van der Waals surface area contributed by atoms with E-state index in [1.807, 2.05) is 0 Å². The fourth-order valence-electron chi connectivity index (χ4n) is 1.94. The molecule has 1 aromatic rings. The standard InChI is InChI=1S/C13H13Br2N3O3/c1-17-12-10(6-16)18(2-3-21-12)13(20)7-4-8(14)11(19)9(15)5-7/h4-6,19H,2-3,16H2,1H3. The molecule has 112 valence electrons. The van der Waals surface area contributed by atoms with E-state index in [4.69, 9.17) is 10.5 Å². The Morgan fingerprint density at radius 1 is 1.48 bits per heavy atom. The van der Waals surface area contributed by atoms with Crippen molar-refractivity contribution in [3.63, 3.8) is 0 Å². The van der Waals surface area contributed by atoms with E-state index in [1.54, 1.807) is 19.2 Å². The summed E-state index contributed by atoms with van der Waals surface area (Å²) in [4.78, 5) is 18.1. The number of amides is 1. The third-order valence-electron chi connectivity index (χ3n) is 2.93. The fraction of sp³-hybridized carbons (Fsp3) is 0.231. The molecule has 0 atom stereocenters. The van der Waals surface area contributed by atoms with Crippen LogP contribution in [0.5, 0.6) is 5.75 Å². The van der Waals surface area contributed by atoms with Gasteiger partial charge in [-0.1, -0.05) is 0 Å². The van der Waals surface area contributed by atoms with Gasteiger partial charge in [-0.15, -0.1) is 0 Å². The van der Waals surface area contributed by atoms with Gasteiger partial charge in [0.25, 0.3) is 5.91 Å². The summed E-state index contributed by atoms with van der Waals surface area (Å²) < 4.78 is 6.22. The second-order valence-corrected chi connectivity index (χ2v) is 5.88. The lowest BCUT2D eigenvalue weighted by Crippen LogP contribution is -2.42. The van der Waals surface area contributed by atoms with Gasteiger partial charge in [0.15, 0.2) is 0 Å². The average molecular weight is 419 g/mol. The highest BCUT2D eigenvalue weighted by Gasteiger charge is 2.28. The summed E-state index contributed by atoms with van der Waals surface area (Å²) in [5.74, 6) is 0.116. The third kappa shape index (κ3) is 3.06. The maximum absolute atomic E-state index is 12.6. The third-order valence-corrected chi connectivity index (χ3v) is 4.14. The second-order valence-electron chi connectivity index (χ2n) is 4.17. The minimum absolute atomic E-state index is 0.0407. The first kappa shape index (κ1) is 15.8. The monoisotopic (exact) mass is 417 g/mol. The largest absolute Gasteiger partial charge is 0.506 e. The molecule has 0 aliphatic carbocycles. The number of aliphatic imine (C=N–C) groups is 1. The van der Waals surface area contributed by atoms with Gasteiger partial charge in [-0.2, -0.15) is 0 Å². The second kappa shape index (κ2) is 6.48. The van der Waals surface area contributed by atoms with E-state index in [9.17, 15) is 9.90 Å². The molecule has 1 amide bonds. The number of aromatic hydroxyl groups is 1. The molecule has 8 heteroatoms. The minimum Gasteiger partial charge on any atom is -0.506 e. The summed E-state index contributed by atoms with van der Waals surface area (Å²) >= 11 is 6.42. The van der Waals surface area contributed by atoms with Gasteiger partial charge < -0.3 is 15.6 Å². The maximum atomic E-state index is 12.6. The highest BCUT2D eigenvalue weighted by Crippen LogP contribution is 2.34. The van der Waals surface area contributed by atoms with Crippen molar-refractivity contribution >= 4 is 43.7 Å². The average Bonchev–Trinajstić information content (AvgIpc) is 2.50. The summed E-state index contributed by atoms with van der Waals surface area (Å²) in [5, 5.41) is 9.71. The maximum Gasteiger partial charge on any atom is 0.258 e. The Balaban J connectivity index is 2.39. The molecule has 0 spiro atoms. The van der Waals surface area contributed by atoms with Crippen LogP contribution in [0.3, 0.4) is 0 Å². The Labute approximate surface area is 138 Å². The van der Waals surface area contributed by atoms with E-state index in [-0.39, 0.29) is 11.7 Å². The lowest BCUT2D eigenvalue weighted by Gasteiger charge is -2.30. The van der Waals surface area contributed by atoms with E-state index in [0.717, 1.165) is 0 Å². The Morgan fingerprint density at radius 2 is 2.10 bits per heavy atom. The normalized spacial score (nSPS) is 18.9. The molecule has 0 radical (unpaired) electrons. The number of rotatable bonds is 1. The number of nitrogens with zero attached hydrogens (tertiary/aromatic N) is 2. The first-order valence-electron chi connectivity index (χ1n) is 6.01. The SMILES string of the molecule is CN=C1OCCN(C(=O)c2cc(Br)c(O)c(Br)c2)C1=CN.